The van der Waals surface area contributed by atoms with Gasteiger partial charge in [-0.1, -0.05) is 0 Å². The first-order chi connectivity index (χ1) is 7.74. The maximum Gasteiger partial charge on any atom is 0.295 e. The normalized spacial score (nSPS) is 9.56. The number of aromatic nitrogens is 2. The van der Waals surface area contributed by atoms with Gasteiger partial charge in [-0.15, -0.1) is 0 Å². The lowest BCUT2D eigenvalue weighted by Gasteiger charge is -2.21. The summed E-state index contributed by atoms with van der Waals surface area (Å²) >= 11 is 0. The van der Waals surface area contributed by atoms with Crippen molar-refractivity contribution in [2.75, 3.05) is 25.1 Å². The van der Waals surface area contributed by atoms with Crippen LogP contribution in [-0.2, 0) is 0 Å². The van der Waals surface area contributed by atoms with Crippen molar-refractivity contribution in [1.82, 2.24) is 9.97 Å². The van der Waals surface area contributed by atoms with Gasteiger partial charge in [0.2, 0.25) is 5.75 Å². The Morgan fingerprint density at radius 3 is 3.00 bits per heavy atom. The molecule has 0 saturated heterocycles. The van der Waals surface area contributed by atoms with Crippen molar-refractivity contribution >= 4 is 5.82 Å². The molecule has 1 N–H and O–H groups in total. The third kappa shape index (κ3) is 2.51. The highest BCUT2D eigenvalue weighted by atomic mass is 16.5. The molecule has 0 aliphatic rings. The predicted molar refractivity (Wildman–Crippen MR) is 59.5 cm³/mol. The first-order valence-corrected chi connectivity index (χ1v) is 4.98. The standard InChI is InChI=1S/C10H14N4O2/c1-3-14(6-4-5-11)9-8(16-2)10(15)13-7-12-9/h7H,3-4,6H2,1-2H3,(H,12,13,15). The number of ether oxygens (including phenoxy) is 1. The van der Waals surface area contributed by atoms with Crippen LogP contribution in [0.25, 0.3) is 0 Å². The molecular formula is C10H14N4O2. The molecule has 86 valence electrons. The van der Waals surface area contributed by atoms with E-state index in [1.165, 1.54) is 13.4 Å². The molecule has 6 nitrogen and oxygen atoms in total. The van der Waals surface area contributed by atoms with Crippen LogP contribution in [0.1, 0.15) is 13.3 Å². The number of anilines is 1. The number of nitrogens with one attached hydrogen (secondary N) is 1. The van der Waals surface area contributed by atoms with Crippen LogP contribution in [0.5, 0.6) is 5.75 Å². The molecule has 0 aromatic carbocycles. The Morgan fingerprint density at radius 2 is 2.44 bits per heavy atom. The number of hydrogen-bond donors (Lipinski definition) is 1. The predicted octanol–water partition coefficient (Wildman–Crippen LogP) is 0.518. The molecule has 1 aromatic rings. The average molecular weight is 222 g/mol. The highest BCUT2D eigenvalue weighted by Crippen LogP contribution is 2.19. The Hall–Kier alpha value is -2.03. The first-order valence-electron chi connectivity index (χ1n) is 4.98. The number of aromatic amines is 1. The van der Waals surface area contributed by atoms with Gasteiger partial charge >= 0.3 is 0 Å². The van der Waals surface area contributed by atoms with Crippen LogP contribution >= 0.6 is 0 Å². The second-order valence-electron chi connectivity index (χ2n) is 3.08. The molecule has 0 aliphatic carbocycles. The molecule has 0 bridgehead atoms. The molecule has 16 heavy (non-hydrogen) atoms. The molecule has 0 amide bonds. The summed E-state index contributed by atoms with van der Waals surface area (Å²) in [6.45, 7) is 3.12. The molecule has 1 heterocycles. The maximum atomic E-state index is 11.5. The van der Waals surface area contributed by atoms with Crippen molar-refractivity contribution < 1.29 is 4.74 Å². The summed E-state index contributed by atoms with van der Waals surface area (Å²) in [6.07, 6.45) is 1.71. The lowest BCUT2D eigenvalue weighted by atomic mass is 10.3. The average Bonchev–Trinajstić information content (AvgIpc) is 2.30. The smallest absolute Gasteiger partial charge is 0.295 e. The molecule has 0 spiro atoms. The second kappa shape index (κ2) is 5.75. The van der Waals surface area contributed by atoms with E-state index < -0.39 is 0 Å². The van der Waals surface area contributed by atoms with E-state index in [9.17, 15) is 4.79 Å². The summed E-state index contributed by atoms with van der Waals surface area (Å²) in [5.74, 6) is 0.659. The van der Waals surface area contributed by atoms with Gasteiger partial charge in [0.1, 0.15) is 0 Å². The summed E-state index contributed by atoms with van der Waals surface area (Å²) in [5.41, 5.74) is -0.317. The molecule has 0 saturated carbocycles. The van der Waals surface area contributed by atoms with Crippen molar-refractivity contribution in [3.8, 4) is 11.8 Å². The van der Waals surface area contributed by atoms with Crippen molar-refractivity contribution in [2.45, 2.75) is 13.3 Å². The zero-order chi connectivity index (χ0) is 12.0. The summed E-state index contributed by atoms with van der Waals surface area (Å²) < 4.78 is 5.01. The first kappa shape index (κ1) is 12.0. The summed E-state index contributed by atoms with van der Waals surface area (Å²) in [7, 11) is 1.42. The SMILES string of the molecule is CCN(CCC#N)c1nc[nH]c(=O)c1OC. The van der Waals surface area contributed by atoms with Gasteiger partial charge in [-0.2, -0.15) is 5.26 Å². The summed E-state index contributed by atoms with van der Waals surface area (Å²) in [4.78, 5) is 19.8. The molecule has 1 rings (SSSR count). The molecule has 1 aromatic heterocycles. The molecule has 0 unspecified atom stereocenters. The topological polar surface area (TPSA) is 82.0 Å². The Morgan fingerprint density at radius 1 is 1.69 bits per heavy atom. The summed E-state index contributed by atoms with van der Waals surface area (Å²) in [5, 5.41) is 8.54. The molecule has 0 aliphatic heterocycles. The van der Waals surface area contributed by atoms with Gasteiger partial charge in [0.05, 0.1) is 25.9 Å². The number of methoxy groups -OCH3 is 1. The van der Waals surface area contributed by atoms with Crippen molar-refractivity contribution in [2.24, 2.45) is 0 Å². The van der Waals surface area contributed by atoms with Gasteiger partial charge in [0, 0.05) is 13.1 Å². The molecule has 0 atom stereocenters. The fourth-order valence-electron chi connectivity index (χ4n) is 1.39. The Kier molecular flexibility index (Phi) is 4.33. The number of hydrogen-bond acceptors (Lipinski definition) is 5. The maximum absolute atomic E-state index is 11.5. The highest BCUT2D eigenvalue weighted by molar-refractivity contribution is 5.50. The minimum absolute atomic E-state index is 0.183. The fourth-order valence-corrected chi connectivity index (χ4v) is 1.39. The Labute approximate surface area is 93.5 Å². The zero-order valence-corrected chi connectivity index (χ0v) is 9.36. The molecule has 0 radical (unpaired) electrons. The number of H-pyrrole nitrogens is 1. The third-order valence-corrected chi connectivity index (χ3v) is 2.17. The minimum Gasteiger partial charge on any atom is -0.489 e. The Balaban J connectivity index is 3.05. The van der Waals surface area contributed by atoms with Gasteiger partial charge in [-0.25, -0.2) is 4.98 Å². The van der Waals surface area contributed by atoms with Gasteiger partial charge in [-0.05, 0) is 6.92 Å². The van der Waals surface area contributed by atoms with Crippen LogP contribution in [0.3, 0.4) is 0 Å². The van der Waals surface area contributed by atoms with E-state index in [1.54, 1.807) is 0 Å². The van der Waals surface area contributed by atoms with Crippen molar-refractivity contribution in [1.29, 1.82) is 5.26 Å². The van der Waals surface area contributed by atoms with Crippen molar-refractivity contribution in [3.63, 3.8) is 0 Å². The van der Waals surface area contributed by atoms with E-state index in [-0.39, 0.29) is 11.3 Å². The van der Waals surface area contributed by atoms with E-state index in [4.69, 9.17) is 10.00 Å². The quantitative estimate of drug-likeness (QED) is 0.785. The zero-order valence-electron chi connectivity index (χ0n) is 9.36. The molecular weight excluding hydrogens is 208 g/mol. The van der Waals surface area contributed by atoms with Crippen LogP contribution in [0.4, 0.5) is 5.82 Å². The minimum atomic E-state index is -0.317. The van der Waals surface area contributed by atoms with Crippen LogP contribution < -0.4 is 15.2 Å². The van der Waals surface area contributed by atoms with Crippen LogP contribution in [-0.4, -0.2) is 30.2 Å². The van der Waals surface area contributed by atoms with Gasteiger partial charge in [0.25, 0.3) is 5.56 Å². The number of rotatable bonds is 5. The van der Waals surface area contributed by atoms with Crippen LogP contribution in [0.2, 0.25) is 0 Å². The van der Waals surface area contributed by atoms with E-state index in [0.29, 0.717) is 25.3 Å². The summed E-state index contributed by atoms with van der Waals surface area (Å²) in [6, 6.07) is 2.06. The highest BCUT2D eigenvalue weighted by Gasteiger charge is 2.14. The monoisotopic (exact) mass is 222 g/mol. The molecule has 6 heteroatoms. The van der Waals surface area contributed by atoms with Crippen LogP contribution in [0, 0.1) is 11.3 Å². The van der Waals surface area contributed by atoms with Crippen LogP contribution in [0.15, 0.2) is 11.1 Å². The van der Waals surface area contributed by atoms with Gasteiger partial charge in [-0.3, -0.25) is 4.79 Å². The lowest BCUT2D eigenvalue weighted by molar-refractivity contribution is 0.405. The van der Waals surface area contributed by atoms with Gasteiger partial charge in [0.15, 0.2) is 5.82 Å². The third-order valence-electron chi connectivity index (χ3n) is 2.17. The number of nitrogens with zero attached hydrogens (tertiary/aromatic N) is 3. The lowest BCUT2D eigenvalue weighted by Crippen LogP contribution is -2.27. The van der Waals surface area contributed by atoms with Gasteiger partial charge < -0.3 is 14.6 Å². The fraction of sp³-hybridized carbons (Fsp3) is 0.500. The van der Waals surface area contributed by atoms with E-state index in [1.807, 2.05) is 11.8 Å². The molecule has 0 fully saturated rings. The van der Waals surface area contributed by atoms with E-state index in [2.05, 4.69) is 16.0 Å². The Bertz CT molecular complexity index is 435. The second-order valence-corrected chi connectivity index (χ2v) is 3.08. The largest absolute Gasteiger partial charge is 0.489 e. The number of nitriles is 1. The van der Waals surface area contributed by atoms with Crippen molar-refractivity contribution in [3.05, 3.63) is 16.7 Å². The van der Waals surface area contributed by atoms with E-state index in [0.717, 1.165) is 0 Å². The van der Waals surface area contributed by atoms with E-state index >= 15 is 0 Å².